The maximum Gasteiger partial charge on any atom is 0.0817 e. The van der Waals surface area contributed by atoms with E-state index in [9.17, 15) is 0 Å². The summed E-state index contributed by atoms with van der Waals surface area (Å²) in [5.41, 5.74) is 31.1. The zero-order valence-electron chi connectivity index (χ0n) is 66.6. The van der Waals surface area contributed by atoms with Crippen LogP contribution in [0.15, 0.2) is 130 Å². The molecule has 0 aliphatic carbocycles. The zero-order valence-corrected chi connectivity index (χ0v) is 69.7. The molecule has 7 aromatic heterocycles. The minimum Gasteiger partial charge on any atom is -0.354 e. The molecule has 4 N–H and O–H groups in total. The molecule has 5 aromatic carbocycles. The Balaban J connectivity index is 1.23. The number of aromatic nitrogens is 8. The molecule has 0 radical (unpaired) electrons. The van der Waals surface area contributed by atoms with Gasteiger partial charge in [-0.3, -0.25) is 0 Å². The Kier molecular flexibility index (Phi) is 17.0. The molecule has 12 aromatic rings. The molecule has 15 rings (SSSR count). The number of H-pyrrole nitrogens is 4. The van der Waals surface area contributed by atoms with E-state index in [-0.39, 0.29) is 43.3 Å². The molecule has 16 bridgehead atoms. The van der Waals surface area contributed by atoms with Crippen LogP contribution in [0.3, 0.4) is 0 Å². The Morgan fingerprint density at radius 1 is 0.245 bits per heavy atom. The van der Waals surface area contributed by atoms with Crippen molar-refractivity contribution in [3.63, 3.8) is 0 Å². The minimum atomic E-state index is -0.175. The van der Waals surface area contributed by atoms with Crippen LogP contribution in [0.1, 0.15) is 245 Å². The molecule has 0 saturated heterocycles. The van der Waals surface area contributed by atoms with Gasteiger partial charge in [0.05, 0.1) is 70.7 Å². The number of rotatable bonds is 4. The first-order valence-electron chi connectivity index (χ1n) is 37.7. The summed E-state index contributed by atoms with van der Waals surface area (Å²) in [7, 11) is 0. The number of benzene rings is 5. The highest BCUT2D eigenvalue weighted by molar-refractivity contribution is 9.11. The maximum absolute atomic E-state index is 6.22. The molecule has 0 atom stereocenters. The summed E-state index contributed by atoms with van der Waals surface area (Å²) in [6.45, 7) is 55.6. The van der Waals surface area contributed by atoms with Gasteiger partial charge in [-0.1, -0.05) is 239 Å². The lowest BCUT2D eigenvalue weighted by molar-refractivity contribution is 0.568. The third-order valence-corrected chi connectivity index (χ3v) is 23.6. The Hall–Kier alpha value is -8.96. The van der Waals surface area contributed by atoms with E-state index in [0.717, 1.165) is 164 Å². The van der Waals surface area contributed by atoms with Crippen molar-refractivity contribution in [3.05, 3.63) is 209 Å². The second kappa shape index (κ2) is 24.8. The van der Waals surface area contributed by atoms with E-state index < -0.39 is 0 Å². The average molecular weight is 1530 g/mol. The Labute approximate surface area is 643 Å². The van der Waals surface area contributed by atoms with Gasteiger partial charge in [-0.05, 0) is 227 Å². The largest absolute Gasteiger partial charge is 0.354 e. The van der Waals surface area contributed by atoms with Crippen molar-refractivity contribution in [2.45, 2.75) is 209 Å². The van der Waals surface area contributed by atoms with Crippen LogP contribution < -0.4 is 0 Å². The van der Waals surface area contributed by atoms with Gasteiger partial charge in [0, 0.05) is 71.4 Å². The molecule has 106 heavy (non-hydrogen) atoms. The second-order valence-corrected chi connectivity index (χ2v) is 40.0. The minimum absolute atomic E-state index is 0.155. The van der Waals surface area contributed by atoms with Crippen molar-refractivity contribution in [2.24, 2.45) is 0 Å². The highest BCUT2D eigenvalue weighted by atomic mass is 79.9. The van der Waals surface area contributed by atoms with Crippen LogP contribution >= 0.6 is 31.9 Å². The quantitative estimate of drug-likeness (QED) is 0.141. The van der Waals surface area contributed by atoms with Crippen molar-refractivity contribution >= 4 is 145 Å². The van der Waals surface area contributed by atoms with Crippen molar-refractivity contribution in [1.82, 2.24) is 39.9 Å². The lowest BCUT2D eigenvalue weighted by Crippen LogP contribution is -2.16. The number of fused-ring (bicyclic) bond motifs is 18. The van der Waals surface area contributed by atoms with E-state index in [1.165, 1.54) is 44.5 Å². The van der Waals surface area contributed by atoms with Crippen LogP contribution in [0.2, 0.25) is 0 Å². The number of nitrogens with zero attached hydrogens (tertiary/aromatic N) is 4. The first-order valence-corrected chi connectivity index (χ1v) is 39.3. The molecule has 0 amide bonds. The van der Waals surface area contributed by atoms with E-state index in [1.807, 2.05) is 0 Å². The second-order valence-electron chi connectivity index (χ2n) is 38.5. The van der Waals surface area contributed by atoms with Crippen LogP contribution in [-0.4, -0.2) is 39.9 Å². The van der Waals surface area contributed by atoms with E-state index in [2.05, 4.69) is 376 Å². The zero-order chi connectivity index (χ0) is 76.0. The predicted molar refractivity (Wildman–Crippen MR) is 464 cm³/mol. The molecule has 8 nitrogen and oxygen atoms in total. The van der Waals surface area contributed by atoms with Crippen LogP contribution in [0.25, 0.3) is 158 Å². The first kappa shape index (κ1) is 72.6. The molecule has 10 heterocycles. The predicted octanol–water partition coefficient (Wildman–Crippen LogP) is 28.0. The highest BCUT2D eigenvalue weighted by Gasteiger charge is 2.31. The molecule has 0 fully saturated rings. The fourth-order valence-corrected chi connectivity index (χ4v) is 16.1. The summed E-state index contributed by atoms with van der Waals surface area (Å²) in [4.78, 5) is 40.2. The normalized spacial score (nSPS) is 13.8. The highest BCUT2D eigenvalue weighted by Crippen LogP contribution is 2.48. The van der Waals surface area contributed by atoms with Gasteiger partial charge in [0.2, 0.25) is 0 Å². The van der Waals surface area contributed by atoms with E-state index in [4.69, 9.17) is 19.9 Å². The summed E-state index contributed by atoms with van der Waals surface area (Å²) >= 11 is 8.35. The van der Waals surface area contributed by atoms with Gasteiger partial charge in [0.1, 0.15) is 0 Å². The van der Waals surface area contributed by atoms with Gasteiger partial charge >= 0.3 is 0 Å². The van der Waals surface area contributed by atoms with Crippen molar-refractivity contribution < 1.29 is 0 Å². The summed E-state index contributed by atoms with van der Waals surface area (Å²) in [6, 6.07) is 46.9. The van der Waals surface area contributed by atoms with Gasteiger partial charge < -0.3 is 19.9 Å². The molecule has 0 saturated carbocycles. The summed E-state index contributed by atoms with van der Waals surface area (Å²) < 4.78 is 1.73. The molecule has 3 aliphatic heterocycles. The molecule has 0 unspecified atom stereocenters. The molecule has 0 spiro atoms. The third-order valence-electron chi connectivity index (χ3n) is 22.0. The summed E-state index contributed by atoms with van der Waals surface area (Å²) in [5.74, 6) is 0. The Morgan fingerprint density at radius 3 is 0.887 bits per heavy atom. The monoisotopic (exact) mass is 1520 g/mol. The van der Waals surface area contributed by atoms with Crippen LogP contribution in [0.4, 0.5) is 0 Å². The Morgan fingerprint density at radius 2 is 0.528 bits per heavy atom. The number of hydrogen-bond acceptors (Lipinski definition) is 4. The summed E-state index contributed by atoms with van der Waals surface area (Å²) in [5, 5.41) is 3.87. The van der Waals surface area contributed by atoms with E-state index in [1.54, 1.807) is 0 Å². The lowest BCUT2D eigenvalue weighted by atomic mass is 9.78. The Bertz CT molecular complexity index is 5980. The maximum atomic E-state index is 6.22. The van der Waals surface area contributed by atoms with Crippen LogP contribution in [0.5, 0.6) is 0 Å². The van der Waals surface area contributed by atoms with Crippen molar-refractivity contribution in [3.8, 4) is 44.5 Å². The third kappa shape index (κ3) is 13.1. The molecule has 3 aliphatic rings. The average Bonchev–Trinajstić information content (AvgIpc) is 1.55. The fourth-order valence-electron chi connectivity index (χ4n) is 15.2. The number of aromatic amines is 4. The summed E-state index contributed by atoms with van der Waals surface area (Å²) in [6.07, 6.45) is 13.2. The smallest absolute Gasteiger partial charge is 0.0817 e. The molecular weight excluding hydrogens is 1420 g/mol. The van der Waals surface area contributed by atoms with E-state index >= 15 is 0 Å². The number of halogens is 2. The SMILES string of the molecule is CC(C)(C)c1cc(-c2c3nc(c4c5[nH]c(cc5c5cc6nc5c4c4ccc([nH]4)c(-c4cc(C(C)(C)C)cc(C(C)(C)C)c4)c4nc(c(Br)c5ccc([nH]5)c6-c5cc(C(C)(C)C)cc(C(C)(C)C)c5)C=C4)c(-c4cc(C(C)(C)C)cc(C(C)(C)C)c4)c4nc(c(Br)c5ccc2[nH]5)C=C4)C=C3)cc(C(C)(C)C)c1. The molecule has 540 valence electrons. The van der Waals surface area contributed by atoms with Crippen molar-refractivity contribution in [2.75, 3.05) is 0 Å². The number of hydrogen-bond donors (Lipinski definition) is 4. The van der Waals surface area contributed by atoms with Gasteiger partial charge in [0.25, 0.3) is 0 Å². The lowest BCUT2D eigenvalue weighted by Gasteiger charge is -2.26. The van der Waals surface area contributed by atoms with Gasteiger partial charge in [-0.25, -0.2) is 19.9 Å². The van der Waals surface area contributed by atoms with Gasteiger partial charge in [-0.15, -0.1) is 0 Å². The van der Waals surface area contributed by atoms with Gasteiger partial charge in [0.15, 0.2) is 0 Å². The van der Waals surface area contributed by atoms with E-state index in [0.29, 0.717) is 0 Å². The van der Waals surface area contributed by atoms with Crippen LogP contribution in [0, 0.1) is 0 Å². The molecule has 10 heteroatoms. The first-order chi connectivity index (χ1) is 49.3. The molecular formula is C96H102Br2N8. The fraction of sp³-hybridized carbons (Fsp3) is 0.333. The number of nitrogens with one attached hydrogen (secondary N) is 4. The van der Waals surface area contributed by atoms with Gasteiger partial charge in [-0.2, -0.15) is 0 Å². The van der Waals surface area contributed by atoms with Crippen molar-refractivity contribution in [1.29, 1.82) is 0 Å². The standard InChI is InChI=1S/C96H102Br2N8/c1-89(2,3)55-37-51(38-56(45-55)90(4,5)6)79-65-25-27-71(99-65)83-84-72-28-26-66(100-72)80(52-39-57(91(7,8)9)46-58(40-52)92(10,11)12)68-30-34-74(102-68)86(98)76-36-32-70(104-76)82(54-43-61(95(19,20)21)48-62(44-54)96(22,23)24)78-50-64(88(84)106-78)63-49-77(105-87(63)83)81(53-41-59(93(13,14)15)47-60(42-53)94(16,17)18)69-31-35-75(103-69)85(97)73-33-29-67(79)101-73/h25-50,99,102-103,106H,1-24H3. The van der Waals surface area contributed by atoms with Crippen LogP contribution in [-0.2, 0) is 43.3 Å². The topological polar surface area (TPSA) is 115 Å².